The number of nitrogens with two attached hydrogens (primary N) is 1. The number of anilines is 1. The number of alkyl halides is 2. The summed E-state index contributed by atoms with van der Waals surface area (Å²) in [5.41, 5.74) is 5.78. The molecular weight excluding hydrogens is 236 g/mol. The van der Waals surface area contributed by atoms with Gasteiger partial charge in [0.2, 0.25) is 0 Å². The zero-order chi connectivity index (χ0) is 12.0. The molecule has 0 spiro atoms. The standard InChI is InChI=1S/C9H11F2N3OS/c10-9(11)16-7-4-2-1-3-6(7)13-5-8(12)14-15/h1-4,9,13,15H,5H2,(H2,12,14). The smallest absolute Gasteiger partial charge is 0.288 e. The van der Waals surface area contributed by atoms with Crippen molar-refractivity contribution in [3.63, 3.8) is 0 Å². The molecule has 0 aromatic heterocycles. The molecule has 16 heavy (non-hydrogen) atoms. The monoisotopic (exact) mass is 247 g/mol. The summed E-state index contributed by atoms with van der Waals surface area (Å²) < 4.78 is 24.4. The van der Waals surface area contributed by atoms with Crippen molar-refractivity contribution >= 4 is 23.3 Å². The number of para-hydroxylation sites is 1. The van der Waals surface area contributed by atoms with Crippen molar-refractivity contribution in [1.82, 2.24) is 0 Å². The van der Waals surface area contributed by atoms with Crippen LogP contribution in [0, 0.1) is 0 Å². The Morgan fingerprint density at radius 2 is 2.19 bits per heavy atom. The minimum absolute atomic E-state index is 0.0168. The van der Waals surface area contributed by atoms with Crippen LogP contribution in [-0.4, -0.2) is 23.3 Å². The Morgan fingerprint density at radius 3 is 2.81 bits per heavy atom. The summed E-state index contributed by atoms with van der Waals surface area (Å²) in [5, 5.41) is 13.9. The molecule has 1 rings (SSSR count). The van der Waals surface area contributed by atoms with Crippen LogP contribution in [0.4, 0.5) is 14.5 Å². The van der Waals surface area contributed by atoms with Gasteiger partial charge in [-0.3, -0.25) is 0 Å². The molecule has 0 unspecified atom stereocenters. The van der Waals surface area contributed by atoms with Gasteiger partial charge in [-0.15, -0.1) is 0 Å². The Hall–Kier alpha value is -1.50. The van der Waals surface area contributed by atoms with Gasteiger partial charge >= 0.3 is 0 Å². The first-order chi connectivity index (χ1) is 7.63. The van der Waals surface area contributed by atoms with Gasteiger partial charge in [0, 0.05) is 10.6 Å². The molecule has 0 amide bonds. The Bertz CT molecular complexity index is 374. The van der Waals surface area contributed by atoms with Crippen LogP contribution >= 0.6 is 11.8 Å². The fraction of sp³-hybridized carbons (Fsp3) is 0.222. The number of nitrogens with zero attached hydrogens (tertiary/aromatic N) is 1. The fourth-order valence-corrected chi connectivity index (χ4v) is 1.65. The maximum atomic E-state index is 12.2. The molecule has 1 aromatic carbocycles. The molecule has 4 nitrogen and oxygen atoms in total. The van der Waals surface area contributed by atoms with E-state index in [0.29, 0.717) is 22.3 Å². The van der Waals surface area contributed by atoms with E-state index in [4.69, 9.17) is 10.9 Å². The lowest BCUT2D eigenvalue weighted by Crippen LogP contribution is -2.22. The van der Waals surface area contributed by atoms with Crippen molar-refractivity contribution in [2.24, 2.45) is 10.9 Å². The molecule has 0 aliphatic rings. The topological polar surface area (TPSA) is 70.6 Å². The van der Waals surface area contributed by atoms with E-state index in [1.54, 1.807) is 24.3 Å². The molecule has 0 saturated carbocycles. The number of hydrogen-bond acceptors (Lipinski definition) is 4. The van der Waals surface area contributed by atoms with E-state index in [-0.39, 0.29) is 12.4 Å². The van der Waals surface area contributed by atoms with Gasteiger partial charge in [-0.05, 0) is 12.1 Å². The molecule has 7 heteroatoms. The quantitative estimate of drug-likeness (QED) is 0.245. The molecule has 0 atom stereocenters. The Morgan fingerprint density at radius 1 is 1.50 bits per heavy atom. The summed E-state index contributed by atoms with van der Waals surface area (Å²) in [6.07, 6.45) is 0. The number of thioether (sulfide) groups is 1. The lowest BCUT2D eigenvalue weighted by Gasteiger charge is -2.10. The second-order valence-corrected chi connectivity index (χ2v) is 3.85. The first kappa shape index (κ1) is 12.6. The molecule has 0 radical (unpaired) electrons. The number of nitrogens with one attached hydrogen (secondary N) is 1. The highest BCUT2D eigenvalue weighted by Crippen LogP contribution is 2.31. The van der Waals surface area contributed by atoms with Crippen LogP contribution in [0.1, 0.15) is 0 Å². The first-order valence-corrected chi connectivity index (χ1v) is 5.25. The summed E-state index contributed by atoms with van der Waals surface area (Å²) in [6, 6.07) is 6.60. The van der Waals surface area contributed by atoms with Gasteiger partial charge in [0.25, 0.3) is 5.76 Å². The molecule has 0 bridgehead atoms. The number of halogens is 2. The highest BCUT2D eigenvalue weighted by molar-refractivity contribution is 7.99. The molecule has 0 saturated heterocycles. The zero-order valence-corrected chi connectivity index (χ0v) is 9.05. The minimum Gasteiger partial charge on any atom is -0.409 e. The minimum atomic E-state index is -2.48. The van der Waals surface area contributed by atoms with Crippen LogP contribution in [0.3, 0.4) is 0 Å². The van der Waals surface area contributed by atoms with Gasteiger partial charge < -0.3 is 16.3 Å². The Labute approximate surface area is 95.5 Å². The first-order valence-electron chi connectivity index (χ1n) is 4.37. The SMILES string of the molecule is NC(CNc1ccccc1SC(F)F)=NO. The normalized spacial score (nSPS) is 11.8. The highest BCUT2D eigenvalue weighted by Gasteiger charge is 2.09. The predicted octanol–water partition coefficient (Wildman–Crippen LogP) is 2.16. The number of rotatable bonds is 5. The lowest BCUT2D eigenvalue weighted by molar-refractivity contribution is 0.252. The van der Waals surface area contributed by atoms with Crippen molar-refractivity contribution in [2.45, 2.75) is 10.7 Å². The van der Waals surface area contributed by atoms with Gasteiger partial charge in [-0.2, -0.15) is 8.78 Å². The zero-order valence-electron chi connectivity index (χ0n) is 8.23. The van der Waals surface area contributed by atoms with Crippen molar-refractivity contribution in [1.29, 1.82) is 0 Å². The van der Waals surface area contributed by atoms with Crippen LogP contribution in [0.25, 0.3) is 0 Å². The lowest BCUT2D eigenvalue weighted by atomic mass is 10.3. The van der Waals surface area contributed by atoms with Gasteiger partial charge in [0.1, 0.15) is 0 Å². The van der Waals surface area contributed by atoms with Crippen LogP contribution in [0.2, 0.25) is 0 Å². The molecular formula is C9H11F2N3OS. The van der Waals surface area contributed by atoms with Crippen LogP contribution in [-0.2, 0) is 0 Å². The largest absolute Gasteiger partial charge is 0.409 e. The fourth-order valence-electron chi connectivity index (χ4n) is 1.03. The van der Waals surface area contributed by atoms with Crippen molar-refractivity contribution in [2.75, 3.05) is 11.9 Å². The van der Waals surface area contributed by atoms with E-state index in [0.717, 1.165) is 0 Å². The number of amidine groups is 1. The van der Waals surface area contributed by atoms with Gasteiger partial charge in [0.15, 0.2) is 5.84 Å². The van der Waals surface area contributed by atoms with Crippen LogP contribution < -0.4 is 11.1 Å². The van der Waals surface area contributed by atoms with Gasteiger partial charge in [-0.25, -0.2) is 0 Å². The Balaban J connectivity index is 2.71. The number of oxime groups is 1. The molecule has 0 aliphatic heterocycles. The average molecular weight is 247 g/mol. The van der Waals surface area contributed by atoms with Crippen molar-refractivity contribution in [3.8, 4) is 0 Å². The molecule has 0 heterocycles. The molecule has 4 N–H and O–H groups in total. The number of hydrogen-bond donors (Lipinski definition) is 3. The maximum Gasteiger partial charge on any atom is 0.288 e. The second-order valence-electron chi connectivity index (χ2n) is 2.82. The van der Waals surface area contributed by atoms with E-state index < -0.39 is 5.76 Å². The summed E-state index contributed by atoms with van der Waals surface area (Å²) in [7, 11) is 0. The Kier molecular flexibility index (Phi) is 4.84. The van der Waals surface area contributed by atoms with Gasteiger partial charge in [-0.1, -0.05) is 29.1 Å². The third kappa shape index (κ3) is 3.93. The van der Waals surface area contributed by atoms with Gasteiger partial charge in [0.05, 0.1) is 6.54 Å². The molecule has 0 aliphatic carbocycles. The van der Waals surface area contributed by atoms with Crippen LogP contribution in [0.5, 0.6) is 0 Å². The molecule has 0 fully saturated rings. The molecule has 1 aromatic rings. The third-order valence-electron chi connectivity index (χ3n) is 1.69. The second kappa shape index (κ2) is 6.16. The van der Waals surface area contributed by atoms with E-state index in [1.165, 1.54) is 0 Å². The third-order valence-corrected chi connectivity index (χ3v) is 2.48. The van der Waals surface area contributed by atoms with Crippen molar-refractivity contribution < 1.29 is 14.0 Å². The summed E-state index contributed by atoms with van der Waals surface area (Å²) in [5.74, 6) is -2.50. The predicted molar refractivity (Wildman–Crippen MR) is 60.2 cm³/mol. The maximum absolute atomic E-state index is 12.2. The van der Waals surface area contributed by atoms with Crippen LogP contribution in [0.15, 0.2) is 34.3 Å². The average Bonchev–Trinajstić information content (AvgIpc) is 2.26. The summed E-state index contributed by atoms with van der Waals surface area (Å²) in [4.78, 5) is 0.420. The molecule has 88 valence electrons. The van der Waals surface area contributed by atoms with E-state index in [9.17, 15) is 8.78 Å². The summed E-state index contributed by atoms with van der Waals surface area (Å²) in [6.45, 7) is 0.0946. The van der Waals surface area contributed by atoms with Crippen molar-refractivity contribution in [3.05, 3.63) is 24.3 Å². The van der Waals surface area contributed by atoms with E-state index >= 15 is 0 Å². The highest BCUT2D eigenvalue weighted by atomic mass is 32.2. The van der Waals surface area contributed by atoms with E-state index in [1.807, 2.05) is 0 Å². The number of benzene rings is 1. The summed E-state index contributed by atoms with van der Waals surface area (Å²) >= 11 is 0.445. The van der Waals surface area contributed by atoms with E-state index in [2.05, 4.69) is 10.5 Å².